The maximum atomic E-state index is 5.77. The van der Waals surface area contributed by atoms with Crippen molar-refractivity contribution >= 4 is 44.7 Å². The number of nitrogens with zero attached hydrogens (tertiary/aromatic N) is 3. The first-order valence-electron chi connectivity index (χ1n) is 6.19. The van der Waals surface area contributed by atoms with Gasteiger partial charge in [-0.25, -0.2) is 4.98 Å². The van der Waals surface area contributed by atoms with Crippen LogP contribution in [0.4, 0.5) is 23.1 Å². The molecule has 3 rings (SSSR count). The normalized spacial score (nSPS) is 10.7. The van der Waals surface area contributed by atoms with Crippen LogP contribution in [0.25, 0.3) is 10.2 Å². The molecule has 3 aromatic rings. The Hall–Kier alpha value is -2.34. The Morgan fingerprint density at radius 2 is 1.95 bits per heavy atom. The predicted molar refractivity (Wildman–Crippen MR) is 85.9 cm³/mol. The highest BCUT2D eigenvalue weighted by atomic mass is 32.1. The topological polar surface area (TPSA) is 67.1 Å². The summed E-state index contributed by atoms with van der Waals surface area (Å²) in [5.74, 6) is 1.02. The largest absolute Gasteiger partial charge is 0.376 e. The van der Waals surface area contributed by atoms with Crippen LogP contribution < -0.4 is 16.0 Å². The van der Waals surface area contributed by atoms with Crippen molar-refractivity contribution in [3.8, 4) is 0 Å². The summed E-state index contributed by atoms with van der Waals surface area (Å²) in [5, 5.41) is 6.33. The second-order valence-corrected chi connectivity index (χ2v) is 5.50. The highest BCUT2D eigenvalue weighted by Gasteiger charge is 2.10. The van der Waals surface area contributed by atoms with Crippen LogP contribution in [0, 0.1) is 0 Å². The molecule has 0 fully saturated rings. The number of anilines is 4. The Balaban J connectivity index is 2.08. The van der Waals surface area contributed by atoms with E-state index in [4.69, 9.17) is 5.73 Å². The molecule has 2 aromatic heterocycles. The zero-order valence-electron chi connectivity index (χ0n) is 11.3. The molecule has 0 saturated carbocycles. The summed E-state index contributed by atoms with van der Waals surface area (Å²) in [7, 11) is 4.02. The number of nitrogens with two attached hydrogens (primary N) is 1. The number of hydrogen-bond donors (Lipinski definition) is 2. The van der Waals surface area contributed by atoms with Gasteiger partial charge in [-0.05, 0) is 23.6 Å². The molecule has 0 amide bonds. The molecule has 6 heteroatoms. The molecule has 2 heterocycles. The molecule has 0 aliphatic carbocycles. The third-order valence-electron chi connectivity index (χ3n) is 2.98. The standard InChI is InChI=1S/C14H15N5S/c1-19(2)11-6-4-3-5-10(11)16-12-9-7-8-20-13(9)18-14(15)17-12/h3-8H,1-2H3,(H3,15,16,17,18). The number of rotatable bonds is 3. The number of nitrogen functional groups attached to an aromatic ring is 1. The van der Waals surface area contributed by atoms with E-state index >= 15 is 0 Å². The monoisotopic (exact) mass is 285 g/mol. The van der Waals surface area contributed by atoms with Gasteiger partial charge in [0.15, 0.2) is 0 Å². The highest BCUT2D eigenvalue weighted by Crippen LogP contribution is 2.31. The van der Waals surface area contributed by atoms with Crippen LogP contribution in [0.5, 0.6) is 0 Å². The van der Waals surface area contributed by atoms with Gasteiger partial charge in [-0.1, -0.05) is 12.1 Å². The predicted octanol–water partition coefficient (Wildman–Crippen LogP) is 3.08. The minimum absolute atomic E-state index is 0.282. The summed E-state index contributed by atoms with van der Waals surface area (Å²) in [5.41, 5.74) is 7.85. The lowest BCUT2D eigenvalue weighted by atomic mass is 10.2. The Morgan fingerprint density at radius 1 is 1.15 bits per heavy atom. The summed E-state index contributed by atoms with van der Waals surface area (Å²) in [4.78, 5) is 11.5. The molecule has 0 atom stereocenters. The van der Waals surface area contributed by atoms with E-state index in [0.29, 0.717) is 0 Å². The van der Waals surface area contributed by atoms with Gasteiger partial charge in [-0.2, -0.15) is 4.98 Å². The summed E-state index contributed by atoms with van der Waals surface area (Å²) in [6.45, 7) is 0. The molecule has 0 aliphatic heterocycles. The van der Waals surface area contributed by atoms with Crippen molar-refractivity contribution in [3.05, 3.63) is 35.7 Å². The summed E-state index contributed by atoms with van der Waals surface area (Å²) in [6.07, 6.45) is 0. The smallest absolute Gasteiger partial charge is 0.223 e. The van der Waals surface area contributed by atoms with Gasteiger partial charge >= 0.3 is 0 Å². The third-order valence-corrected chi connectivity index (χ3v) is 3.79. The van der Waals surface area contributed by atoms with Crippen LogP contribution in [0.15, 0.2) is 35.7 Å². The quantitative estimate of drug-likeness (QED) is 0.774. The molecule has 102 valence electrons. The van der Waals surface area contributed by atoms with Gasteiger partial charge in [-0.15, -0.1) is 11.3 Å². The SMILES string of the molecule is CN(C)c1ccccc1Nc1nc(N)nc2sccc12. The molecule has 0 aliphatic rings. The van der Waals surface area contributed by atoms with E-state index in [1.165, 1.54) is 0 Å². The molecule has 0 radical (unpaired) electrons. The van der Waals surface area contributed by atoms with Crippen molar-refractivity contribution in [2.45, 2.75) is 0 Å². The van der Waals surface area contributed by atoms with E-state index in [-0.39, 0.29) is 5.95 Å². The molecule has 0 bridgehead atoms. The number of para-hydroxylation sites is 2. The third kappa shape index (κ3) is 2.25. The average Bonchev–Trinajstić information content (AvgIpc) is 2.87. The second kappa shape index (κ2) is 4.97. The van der Waals surface area contributed by atoms with E-state index in [0.717, 1.165) is 27.4 Å². The van der Waals surface area contributed by atoms with Gasteiger partial charge in [0.05, 0.1) is 16.8 Å². The van der Waals surface area contributed by atoms with Crippen LogP contribution in [-0.4, -0.2) is 24.1 Å². The van der Waals surface area contributed by atoms with E-state index in [2.05, 4.69) is 26.3 Å². The van der Waals surface area contributed by atoms with Crippen molar-refractivity contribution in [2.24, 2.45) is 0 Å². The molecule has 1 aromatic carbocycles. The minimum atomic E-state index is 0.282. The van der Waals surface area contributed by atoms with Gasteiger partial charge in [0, 0.05) is 14.1 Å². The molecule has 0 unspecified atom stereocenters. The zero-order chi connectivity index (χ0) is 14.1. The van der Waals surface area contributed by atoms with Crippen molar-refractivity contribution < 1.29 is 0 Å². The fourth-order valence-electron chi connectivity index (χ4n) is 2.06. The van der Waals surface area contributed by atoms with Crippen LogP contribution in [-0.2, 0) is 0 Å². The Kier molecular flexibility index (Phi) is 3.15. The lowest BCUT2D eigenvalue weighted by Gasteiger charge is -2.18. The maximum absolute atomic E-state index is 5.77. The van der Waals surface area contributed by atoms with Crippen molar-refractivity contribution in [2.75, 3.05) is 30.0 Å². The highest BCUT2D eigenvalue weighted by molar-refractivity contribution is 7.16. The van der Waals surface area contributed by atoms with Gasteiger partial charge in [-0.3, -0.25) is 0 Å². The van der Waals surface area contributed by atoms with Crippen LogP contribution in [0.2, 0.25) is 0 Å². The van der Waals surface area contributed by atoms with Crippen LogP contribution >= 0.6 is 11.3 Å². The number of fused-ring (bicyclic) bond motifs is 1. The molecule has 0 saturated heterocycles. The molecule has 5 nitrogen and oxygen atoms in total. The van der Waals surface area contributed by atoms with Crippen LogP contribution in [0.1, 0.15) is 0 Å². The lowest BCUT2D eigenvalue weighted by molar-refractivity contribution is 1.13. The zero-order valence-corrected chi connectivity index (χ0v) is 12.1. The van der Waals surface area contributed by atoms with Gasteiger partial charge < -0.3 is 16.0 Å². The Bertz CT molecular complexity index is 750. The first kappa shape index (κ1) is 12.7. The van der Waals surface area contributed by atoms with Crippen LogP contribution in [0.3, 0.4) is 0 Å². The van der Waals surface area contributed by atoms with Gasteiger partial charge in [0.25, 0.3) is 0 Å². The van der Waals surface area contributed by atoms with E-state index in [9.17, 15) is 0 Å². The first-order chi connectivity index (χ1) is 9.65. The fraction of sp³-hybridized carbons (Fsp3) is 0.143. The van der Waals surface area contributed by atoms with Crippen molar-refractivity contribution in [3.63, 3.8) is 0 Å². The molecule has 3 N–H and O–H groups in total. The molecular weight excluding hydrogens is 270 g/mol. The first-order valence-corrected chi connectivity index (χ1v) is 7.07. The number of benzene rings is 1. The number of aromatic nitrogens is 2. The summed E-state index contributed by atoms with van der Waals surface area (Å²) in [6, 6.07) is 10.1. The molecule has 0 spiro atoms. The van der Waals surface area contributed by atoms with E-state index < -0.39 is 0 Å². The van der Waals surface area contributed by atoms with E-state index in [1.807, 2.05) is 43.7 Å². The number of nitrogens with one attached hydrogen (secondary N) is 1. The molecular formula is C14H15N5S. The Labute approximate surface area is 121 Å². The lowest BCUT2D eigenvalue weighted by Crippen LogP contribution is -2.11. The minimum Gasteiger partial charge on any atom is -0.376 e. The number of hydrogen-bond acceptors (Lipinski definition) is 6. The van der Waals surface area contributed by atoms with Crippen molar-refractivity contribution in [1.29, 1.82) is 0 Å². The summed E-state index contributed by atoms with van der Waals surface area (Å²) < 4.78 is 0. The maximum Gasteiger partial charge on any atom is 0.223 e. The second-order valence-electron chi connectivity index (χ2n) is 4.61. The average molecular weight is 285 g/mol. The van der Waals surface area contributed by atoms with Gasteiger partial charge in [0.2, 0.25) is 5.95 Å². The van der Waals surface area contributed by atoms with Crippen molar-refractivity contribution in [1.82, 2.24) is 9.97 Å². The van der Waals surface area contributed by atoms with Gasteiger partial charge in [0.1, 0.15) is 10.6 Å². The molecule has 20 heavy (non-hydrogen) atoms. The fourth-order valence-corrected chi connectivity index (χ4v) is 2.84. The van der Waals surface area contributed by atoms with E-state index in [1.54, 1.807) is 11.3 Å². The Morgan fingerprint density at radius 3 is 2.75 bits per heavy atom. The number of thiophene rings is 1. The summed E-state index contributed by atoms with van der Waals surface area (Å²) >= 11 is 1.56.